The van der Waals surface area contributed by atoms with Gasteiger partial charge in [0.2, 0.25) is 0 Å². The molecule has 1 atom stereocenters. The molecule has 18 heavy (non-hydrogen) atoms. The Morgan fingerprint density at radius 2 is 2.06 bits per heavy atom. The number of para-hydroxylation sites is 1. The van der Waals surface area contributed by atoms with Gasteiger partial charge in [-0.05, 0) is 19.9 Å². The molecule has 0 aliphatic rings. The van der Waals surface area contributed by atoms with Crippen LogP contribution in [0.4, 0.5) is 4.79 Å². The van der Waals surface area contributed by atoms with Gasteiger partial charge in [0.25, 0.3) is 0 Å². The number of carbonyl (C=O) groups is 1. The van der Waals surface area contributed by atoms with Crippen molar-refractivity contribution >= 4 is 6.09 Å². The fourth-order valence-electron chi connectivity index (χ4n) is 1.63. The van der Waals surface area contributed by atoms with Crippen LogP contribution in [0.15, 0.2) is 24.3 Å². The van der Waals surface area contributed by atoms with E-state index < -0.39 is 6.09 Å². The summed E-state index contributed by atoms with van der Waals surface area (Å²) in [6.07, 6.45) is -0.473. The minimum Gasteiger partial charge on any atom is -0.494 e. The highest BCUT2D eigenvalue weighted by Crippen LogP contribution is 2.24. The molecule has 3 N–H and O–H groups in total. The molecule has 1 aromatic carbocycles. The van der Waals surface area contributed by atoms with Crippen LogP contribution in [0.1, 0.15) is 25.5 Å². The maximum absolute atomic E-state index is 11.4. The average Bonchev–Trinajstić information content (AvgIpc) is 2.37. The lowest BCUT2D eigenvalue weighted by Crippen LogP contribution is -2.34. The molecule has 0 saturated heterocycles. The molecule has 1 rings (SSSR count). The molecule has 1 unspecified atom stereocenters. The van der Waals surface area contributed by atoms with Crippen LogP contribution in [0.2, 0.25) is 0 Å². The lowest BCUT2D eigenvalue weighted by molar-refractivity contribution is 0.148. The number of alkyl carbamates (subject to hydrolysis) is 1. The lowest BCUT2D eigenvalue weighted by Gasteiger charge is -2.19. The molecule has 5 heteroatoms. The van der Waals surface area contributed by atoms with Gasteiger partial charge in [-0.15, -0.1) is 0 Å². The highest BCUT2D eigenvalue weighted by atomic mass is 16.5. The van der Waals surface area contributed by atoms with E-state index in [1.54, 1.807) is 6.92 Å². The monoisotopic (exact) mass is 252 g/mol. The summed E-state index contributed by atoms with van der Waals surface area (Å²) in [4.78, 5) is 11.4. The predicted octanol–water partition coefficient (Wildman–Crippen LogP) is 1.83. The van der Waals surface area contributed by atoms with E-state index in [2.05, 4.69) is 5.32 Å². The van der Waals surface area contributed by atoms with Crippen LogP contribution in [0.25, 0.3) is 0 Å². The van der Waals surface area contributed by atoms with Crippen molar-refractivity contribution in [2.45, 2.75) is 19.9 Å². The van der Waals surface area contributed by atoms with Gasteiger partial charge in [-0.3, -0.25) is 0 Å². The number of benzene rings is 1. The molecule has 0 spiro atoms. The van der Waals surface area contributed by atoms with E-state index in [1.807, 2.05) is 31.2 Å². The van der Waals surface area contributed by atoms with Crippen molar-refractivity contribution in [1.82, 2.24) is 5.32 Å². The number of hydrogen-bond acceptors (Lipinski definition) is 4. The minimum absolute atomic E-state index is 0.281. The first-order valence-corrected chi connectivity index (χ1v) is 6.08. The van der Waals surface area contributed by atoms with Crippen molar-refractivity contribution in [3.63, 3.8) is 0 Å². The van der Waals surface area contributed by atoms with E-state index in [-0.39, 0.29) is 12.6 Å². The Kier molecular flexibility index (Phi) is 6.00. The Hall–Kier alpha value is -1.75. The summed E-state index contributed by atoms with van der Waals surface area (Å²) in [5.74, 6) is 0.729. The summed E-state index contributed by atoms with van der Waals surface area (Å²) in [6, 6.07) is 7.19. The number of amides is 1. The molecule has 0 heterocycles. The number of carbonyl (C=O) groups excluding carboxylic acids is 1. The molecule has 100 valence electrons. The van der Waals surface area contributed by atoms with Crippen molar-refractivity contribution in [1.29, 1.82) is 0 Å². The van der Waals surface area contributed by atoms with E-state index in [1.165, 1.54) is 0 Å². The first-order valence-electron chi connectivity index (χ1n) is 6.08. The predicted molar refractivity (Wildman–Crippen MR) is 69.6 cm³/mol. The van der Waals surface area contributed by atoms with Crippen LogP contribution in [-0.4, -0.2) is 25.9 Å². The molecule has 0 saturated carbocycles. The normalized spacial score (nSPS) is 11.7. The highest BCUT2D eigenvalue weighted by molar-refractivity contribution is 5.68. The SMILES string of the molecule is CCOC(=O)NC(CN)c1ccccc1OCC. The highest BCUT2D eigenvalue weighted by Gasteiger charge is 2.17. The second-order valence-electron chi connectivity index (χ2n) is 3.62. The van der Waals surface area contributed by atoms with Gasteiger partial charge >= 0.3 is 6.09 Å². The number of hydrogen-bond donors (Lipinski definition) is 2. The first-order chi connectivity index (χ1) is 8.72. The van der Waals surface area contributed by atoms with E-state index >= 15 is 0 Å². The average molecular weight is 252 g/mol. The van der Waals surface area contributed by atoms with Crippen LogP contribution in [0.3, 0.4) is 0 Å². The Morgan fingerprint density at radius 1 is 1.33 bits per heavy atom. The van der Waals surface area contributed by atoms with Crippen molar-refractivity contribution in [2.75, 3.05) is 19.8 Å². The fourth-order valence-corrected chi connectivity index (χ4v) is 1.63. The quantitative estimate of drug-likeness (QED) is 0.810. The van der Waals surface area contributed by atoms with Crippen LogP contribution < -0.4 is 15.8 Å². The molecular weight excluding hydrogens is 232 g/mol. The Balaban J connectivity index is 2.83. The van der Waals surface area contributed by atoms with Crippen LogP contribution >= 0.6 is 0 Å². The molecule has 0 aliphatic carbocycles. The van der Waals surface area contributed by atoms with Gasteiger partial charge in [0, 0.05) is 12.1 Å². The molecule has 0 radical (unpaired) electrons. The van der Waals surface area contributed by atoms with Gasteiger partial charge in [0.05, 0.1) is 19.3 Å². The van der Waals surface area contributed by atoms with Crippen LogP contribution in [0.5, 0.6) is 5.75 Å². The molecule has 5 nitrogen and oxygen atoms in total. The zero-order valence-corrected chi connectivity index (χ0v) is 10.8. The van der Waals surface area contributed by atoms with E-state index in [0.717, 1.165) is 11.3 Å². The lowest BCUT2D eigenvalue weighted by atomic mass is 10.1. The van der Waals surface area contributed by atoms with E-state index in [0.29, 0.717) is 13.2 Å². The topological polar surface area (TPSA) is 73.6 Å². The summed E-state index contributed by atoms with van der Waals surface area (Å²) in [6.45, 7) is 4.84. The molecule has 0 aliphatic heterocycles. The third kappa shape index (κ3) is 3.92. The number of ether oxygens (including phenoxy) is 2. The van der Waals surface area contributed by atoms with Gasteiger partial charge in [-0.1, -0.05) is 18.2 Å². The van der Waals surface area contributed by atoms with Gasteiger partial charge in [0.1, 0.15) is 5.75 Å². The summed E-state index contributed by atoms with van der Waals surface area (Å²) in [5, 5.41) is 2.72. The Bertz CT molecular complexity index is 382. The smallest absolute Gasteiger partial charge is 0.407 e. The first kappa shape index (κ1) is 14.3. The summed E-state index contributed by atoms with van der Waals surface area (Å²) >= 11 is 0. The second-order valence-corrected chi connectivity index (χ2v) is 3.62. The minimum atomic E-state index is -0.473. The molecule has 1 aromatic rings. The van der Waals surface area contributed by atoms with Gasteiger partial charge < -0.3 is 20.5 Å². The second kappa shape index (κ2) is 7.55. The Morgan fingerprint density at radius 3 is 2.67 bits per heavy atom. The van der Waals surface area contributed by atoms with E-state index in [9.17, 15) is 4.79 Å². The molecule has 0 fully saturated rings. The standard InChI is InChI=1S/C13H20N2O3/c1-3-17-12-8-6-5-7-10(12)11(9-14)15-13(16)18-4-2/h5-8,11H,3-4,9,14H2,1-2H3,(H,15,16). The number of nitrogens with two attached hydrogens (primary N) is 1. The third-order valence-corrected chi connectivity index (χ3v) is 2.40. The van der Waals surface area contributed by atoms with Crippen LogP contribution in [-0.2, 0) is 4.74 Å². The van der Waals surface area contributed by atoms with Crippen molar-refractivity contribution in [3.8, 4) is 5.75 Å². The maximum atomic E-state index is 11.4. The summed E-state index contributed by atoms with van der Waals surface area (Å²) in [7, 11) is 0. The van der Waals surface area contributed by atoms with Gasteiger partial charge in [0.15, 0.2) is 0 Å². The summed E-state index contributed by atoms with van der Waals surface area (Å²) in [5.41, 5.74) is 6.54. The molecule has 0 bridgehead atoms. The van der Waals surface area contributed by atoms with E-state index in [4.69, 9.17) is 15.2 Å². The van der Waals surface area contributed by atoms with Crippen molar-refractivity contribution in [2.24, 2.45) is 5.73 Å². The van der Waals surface area contributed by atoms with Gasteiger partial charge in [-0.2, -0.15) is 0 Å². The number of rotatable bonds is 6. The third-order valence-electron chi connectivity index (χ3n) is 2.40. The Labute approximate surface area is 107 Å². The van der Waals surface area contributed by atoms with Crippen molar-refractivity contribution in [3.05, 3.63) is 29.8 Å². The molecule has 0 aromatic heterocycles. The van der Waals surface area contributed by atoms with Crippen molar-refractivity contribution < 1.29 is 14.3 Å². The molecule has 1 amide bonds. The van der Waals surface area contributed by atoms with Crippen LogP contribution in [0, 0.1) is 0 Å². The fraction of sp³-hybridized carbons (Fsp3) is 0.462. The maximum Gasteiger partial charge on any atom is 0.407 e. The van der Waals surface area contributed by atoms with Gasteiger partial charge in [-0.25, -0.2) is 4.79 Å². The zero-order valence-electron chi connectivity index (χ0n) is 10.8. The zero-order chi connectivity index (χ0) is 13.4. The number of nitrogens with one attached hydrogen (secondary N) is 1. The molecular formula is C13H20N2O3. The largest absolute Gasteiger partial charge is 0.494 e. The summed E-state index contributed by atoms with van der Waals surface area (Å²) < 4.78 is 10.4.